The van der Waals surface area contributed by atoms with Gasteiger partial charge in [0.15, 0.2) is 0 Å². The first-order valence-electron chi connectivity index (χ1n) is 13.8. The van der Waals surface area contributed by atoms with Gasteiger partial charge in [0.25, 0.3) is 0 Å². The number of nitrogens with zero attached hydrogens (tertiary/aromatic N) is 6. The largest absolute Gasteiger partial charge is 0.508 e. The maximum Gasteiger partial charge on any atom is 0.337 e. The number of hydrogen-bond acceptors (Lipinski definition) is 8. The lowest BCUT2D eigenvalue weighted by Gasteiger charge is -2.47. The Morgan fingerprint density at radius 3 is 2.49 bits per heavy atom. The highest BCUT2D eigenvalue weighted by Gasteiger charge is 2.34. The van der Waals surface area contributed by atoms with E-state index in [0.29, 0.717) is 30.0 Å². The molecule has 2 heterocycles. The van der Waals surface area contributed by atoms with Crippen LogP contribution >= 0.6 is 0 Å². The van der Waals surface area contributed by atoms with E-state index in [1.54, 1.807) is 18.2 Å². The summed E-state index contributed by atoms with van der Waals surface area (Å²) in [5.41, 5.74) is 4.50. The van der Waals surface area contributed by atoms with Gasteiger partial charge in [-0.2, -0.15) is 4.80 Å². The lowest BCUT2D eigenvalue weighted by molar-refractivity contribution is 0.0306. The predicted octanol–water partition coefficient (Wildman–Crippen LogP) is 4.55. The fourth-order valence-electron chi connectivity index (χ4n) is 5.54. The van der Waals surface area contributed by atoms with Crippen LogP contribution in [0.2, 0.25) is 0 Å². The lowest BCUT2D eigenvalue weighted by Crippen LogP contribution is -2.57. The molecule has 9 heteroatoms. The van der Waals surface area contributed by atoms with E-state index < -0.39 is 0 Å². The zero-order valence-corrected chi connectivity index (χ0v) is 23.7. The molecule has 1 aromatic heterocycles. The summed E-state index contributed by atoms with van der Waals surface area (Å²) in [6, 6.07) is 23.6. The van der Waals surface area contributed by atoms with Gasteiger partial charge in [-0.1, -0.05) is 54.6 Å². The van der Waals surface area contributed by atoms with Crippen LogP contribution in [0.1, 0.15) is 46.9 Å². The van der Waals surface area contributed by atoms with E-state index in [1.807, 2.05) is 42.5 Å². The lowest BCUT2D eigenvalue weighted by atomic mass is 9.92. The van der Waals surface area contributed by atoms with Crippen molar-refractivity contribution >= 4 is 5.97 Å². The first-order valence-corrected chi connectivity index (χ1v) is 13.8. The van der Waals surface area contributed by atoms with Crippen molar-refractivity contribution in [1.29, 1.82) is 0 Å². The number of phenolic OH excluding ortho intramolecular Hbond substituents is 1. The quantitative estimate of drug-likeness (QED) is 0.239. The van der Waals surface area contributed by atoms with Crippen molar-refractivity contribution < 1.29 is 14.6 Å². The number of piperazine rings is 1. The fraction of sp³-hybridized carbons (Fsp3) is 0.312. The molecule has 0 aliphatic carbocycles. The summed E-state index contributed by atoms with van der Waals surface area (Å²) >= 11 is 0. The maximum absolute atomic E-state index is 11.7. The molecule has 3 aromatic carbocycles. The van der Waals surface area contributed by atoms with Crippen LogP contribution in [0.4, 0.5) is 0 Å². The monoisotopic (exact) mass is 552 g/mol. The Kier molecular flexibility index (Phi) is 8.56. The van der Waals surface area contributed by atoms with Gasteiger partial charge in [-0.05, 0) is 60.0 Å². The number of esters is 1. The van der Waals surface area contributed by atoms with Crippen LogP contribution in [-0.2, 0) is 11.3 Å². The molecule has 212 valence electrons. The van der Waals surface area contributed by atoms with Crippen molar-refractivity contribution in [3.63, 3.8) is 0 Å². The molecular formula is C32H36N6O3. The molecule has 0 radical (unpaired) electrons. The normalized spacial score (nSPS) is 18.6. The van der Waals surface area contributed by atoms with Crippen molar-refractivity contribution in [2.75, 3.05) is 26.7 Å². The predicted molar refractivity (Wildman–Crippen MR) is 157 cm³/mol. The number of aromatic hydroxyl groups is 1. The minimum Gasteiger partial charge on any atom is -0.508 e. The summed E-state index contributed by atoms with van der Waals surface area (Å²) in [5.74, 6) is 0.430. The molecule has 4 aromatic rings. The molecule has 0 spiro atoms. The van der Waals surface area contributed by atoms with Gasteiger partial charge < -0.3 is 9.84 Å². The minimum atomic E-state index is -0.369. The highest BCUT2D eigenvalue weighted by molar-refractivity contribution is 5.89. The van der Waals surface area contributed by atoms with Gasteiger partial charge in [-0.25, -0.2) is 4.79 Å². The number of methoxy groups -OCH3 is 1. The molecule has 9 nitrogen and oxygen atoms in total. The maximum atomic E-state index is 11.7. The highest BCUT2D eigenvalue weighted by atomic mass is 16.5. The molecule has 3 atom stereocenters. The van der Waals surface area contributed by atoms with E-state index in [9.17, 15) is 9.90 Å². The van der Waals surface area contributed by atoms with Crippen molar-refractivity contribution in [3.8, 4) is 17.1 Å². The summed E-state index contributed by atoms with van der Waals surface area (Å²) in [5, 5.41) is 23.4. The fourth-order valence-corrected chi connectivity index (χ4v) is 5.54. The molecule has 1 fully saturated rings. The molecule has 5 rings (SSSR count). The van der Waals surface area contributed by atoms with Gasteiger partial charge in [0.05, 0.1) is 25.3 Å². The standard InChI is InChI=1S/C32H36N6O3/c1-5-17-36-19-23(3)37(20-22(36)2)30(28-7-6-8-29(39)18-28)25-13-15-26(16-14-25)31-33-35-38(34-31)21-24-9-11-27(12-10-24)32(40)41-4/h5-16,18,22-23,30,39H,1,17,19-21H2,2-4H3/t22-,23+,30-/m1/s1. The molecule has 0 saturated carbocycles. The highest BCUT2D eigenvalue weighted by Crippen LogP contribution is 2.35. The van der Waals surface area contributed by atoms with Gasteiger partial charge in [0.2, 0.25) is 5.82 Å². The molecule has 1 aliphatic rings. The first-order chi connectivity index (χ1) is 19.9. The third-order valence-corrected chi connectivity index (χ3v) is 7.68. The average Bonchev–Trinajstić information content (AvgIpc) is 3.44. The smallest absolute Gasteiger partial charge is 0.337 e. The van der Waals surface area contributed by atoms with Crippen LogP contribution < -0.4 is 0 Å². The van der Waals surface area contributed by atoms with E-state index in [-0.39, 0.29) is 17.8 Å². The van der Waals surface area contributed by atoms with Crippen LogP contribution in [0, 0.1) is 0 Å². The van der Waals surface area contributed by atoms with E-state index >= 15 is 0 Å². The Morgan fingerprint density at radius 2 is 1.80 bits per heavy atom. The number of hydrogen-bond donors (Lipinski definition) is 1. The Labute approximate surface area is 240 Å². The number of benzene rings is 3. The molecule has 1 N–H and O–H groups in total. The number of ether oxygens (including phenoxy) is 1. The number of phenols is 1. The van der Waals surface area contributed by atoms with Gasteiger partial charge in [-0.3, -0.25) is 9.80 Å². The number of rotatable bonds is 9. The minimum absolute atomic E-state index is 0.0175. The SMILES string of the molecule is C=CCN1C[C@H](C)N([C@H](c2ccc(-c3nnn(Cc4ccc(C(=O)OC)cc4)n3)cc2)c2cccc(O)c2)C[C@H]1C. The molecule has 0 bridgehead atoms. The zero-order valence-electron chi connectivity index (χ0n) is 23.7. The van der Waals surface area contributed by atoms with Crippen molar-refractivity contribution in [2.24, 2.45) is 0 Å². The van der Waals surface area contributed by atoms with Crippen LogP contribution in [-0.4, -0.2) is 79.9 Å². The van der Waals surface area contributed by atoms with E-state index in [4.69, 9.17) is 4.74 Å². The molecule has 1 saturated heterocycles. The zero-order chi connectivity index (χ0) is 28.9. The number of tetrazole rings is 1. The summed E-state index contributed by atoms with van der Waals surface area (Å²) in [4.78, 5) is 18.2. The third kappa shape index (κ3) is 6.37. The van der Waals surface area contributed by atoms with Crippen LogP contribution in [0.15, 0.2) is 85.5 Å². The van der Waals surface area contributed by atoms with Gasteiger partial charge >= 0.3 is 5.97 Å². The Bertz CT molecular complexity index is 1480. The second kappa shape index (κ2) is 12.4. The van der Waals surface area contributed by atoms with E-state index in [2.05, 4.69) is 63.8 Å². The molecular weight excluding hydrogens is 516 g/mol. The van der Waals surface area contributed by atoms with E-state index in [1.165, 1.54) is 11.9 Å². The summed E-state index contributed by atoms with van der Waals surface area (Å²) in [7, 11) is 1.36. The Morgan fingerprint density at radius 1 is 1.05 bits per heavy atom. The van der Waals surface area contributed by atoms with Crippen LogP contribution in [0.3, 0.4) is 0 Å². The number of carbonyl (C=O) groups excluding carboxylic acids is 1. The van der Waals surface area contributed by atoms with Crippen molar-refractivity contribution in [3.05, 3.63) is 108 Å². The Hall–Kier alpha value is -4.34. The van der Waals surface area contributed by atoms with Gasteiger partial charge in [-0.15, -0.1) is 16.8 Å². The first kappa shape index (κ1) is 28.2. The van der Waals surface area contributed by atoms with Crippen LogP contribution in [0.5, 0.6) is 5.75 Å². The molecule has 41 heavy (non-hydrogen) atoms. The van der Waals surface area contributed by atoms with E-state index in [0.717, 1.165) is 41.9 Å². The molecule has 0 unspecified atom stereocenters. The van der Waals surface area contributed by atoms with Gasteiger partial charge in [0, 0.05) is 37.3 Å². The average molecular weight is 553 g/mol. The number of carbonyl (C=O) groups is 1. The molecule has 0 amide bonds. The molecule has 1 aliphatic heterocycles. The Balaban J connectivity index is 1.37. The van der Waals surface area contributed by atoms with Crippen molar-refractivity contribution in [1.82, 2.24) is 30.0 Å². The van der Waals surface area contributed by atoms with Crippen LogP contribution in [0.25, 0.3) is 11.4 Å². The summed E-state index contributed by atoms with van der Waals surface area (Å²) < 4.78 is 4.76. The van der Waals surface area contributed by atoms with Gasteiger partial charge in [0.1, 0.15) is 5.75 Å². The summed E-state index contributed by atoms with van der Waals surface area (Å²) in [6.45, 7) is 11.6. The second-order valence-corrected chi connectivity index (χ2v) is 10.6. The number of aromatic nitrogens is 4. The summed E-state index contributed by atoms with van der Waals surface area (Å²) in [6.07, 6.45) is 1.97. The third-order valence-electron chi connectivity index (χ3n) is 7.68. The topological polar surface area (TPSA) is 96.6 Å². The second-order valence-electron chi connectivity index (χ2n) is 10.6. The van der Waals surface area contributed by atoms with Crippen molar-refractivity contribution in [2.45, 2.75) is 38.5 Å².